The van der Waals surface area contributed by atoms with E-state index in [0.29, 0.717) is 11.3 Å². The SMILES string of the molecule is N#Cc1ccccc1Oc1c(N)cccc1C(N)=O. The van der Waals surface area contributed by atoms with Gasteiger partial charge in [0.2, 0.25) is 0 Å². The Labute approximate surface area is 110 Å². The fourth-order valence-electron chi connectivity index (χ4n) is 1.62. The highest BCUT2D eigenvalue weighted by atomic mass is 16.5. The van der Waals surface area contributed by atoms with E-state index < -0.39 is 5.91 Å². The topological polar surface area (TPSA) is 102 Å². The molecule has 0 fully saturated rings. The van der Waals surface area contributed by atoms with Gasteiger partial charge in [0, 0.05) is 0 Å². The van der Waals surface area contributed by atoms with Gasteiger partial charge in [-0.3, -0.25) is 4.79 Å². The molecule has 1 amide bonds. The van der Waals surface area contributed by atoms with Crippen LogP contribution in [0.3, 0.4) is 0 Å². The minimum atomic E-state index is -0.642. The van der Waals surface area contributed by atoms with E-state index in [2.05, 4.69) is 0 Å². The predicted octanol–water partition coefficient (Wildman–Crippen LogP) is 2.03. The molecule has 0 unspecified atom stereocenters. The lowest BCUT2D eigenvalue weighted by molar-refractivity contribution is 0.0998. The highest BCUT2D eigenvalue weighted by molar-refractivity contribution is 5.97. The van der Waals surface area contributed by atoms with Crippen LogP contribution in [0.25, 0.3) is 0 Å². The monoisotopic (exact) mass is 253 g/mol. The second-order valence-electron chi connectivity index (χ2n) is 3.80. The molecular weight excluding hydrogens is 242 g/mol. The molecule has 0 aliphatic heterocycles. The number of carbonyl (C=O) groups excluding carboxylic acids is 1. The number of benzene rings is 2. The Kier molecular flexibility index (Phi) is 3.35. The first kappa shape index (κ1) is 12.5. The summed E-state index contributed by atoms with van der Waals surface area (Å²) in [6, 6.07) is 13.4. The zero-order valence-corrected chi connectivity index (χ0v) is 9.96. The van der Waals surface area contributed by atoms with Crippen LogP contribution in [-0.4, -0.2) is 5.91 Å². The number of nitriles is 1. The number of para-hydroxylation sites is 2. The van der Waals surface area contributed by atoms with E-state index in [4.69, 9.17) is 21.5 Å². The van der Waals surface area contributed by atoms with Crippen LogP contribution < -0.4 is 16.2 Å². The fraction of sp³-hybridized carbons (Fsp3) is 0. The lowest BCUT2D eigenvalue weighted by atomic mass is 10.1. The van der Waals surface area contributed by atoms with Crippen LogP contribution in [0.15, 0.2) is 42.5 Å². The molecule has 19 heavy (non-hydrogen) atoms. The van der Waals surface area contributed by atoms with Crippen molar-refractivity contribution in [3.8, 4) is 17.6 Å². The Bertz CT molecular complexity index is 675. The molecule has 0 heterocycles. The Morgan fingerprint density at radius 3 is 2.58 bits per heavy atom. The Morgan fingerprint density at radius 2 is 1.89 bits per heavy atom. The molecule has 0 saturated heterocycles. The van der Waals surface area contributed by atoms with Crippen LogP contribution in [0.2, 0.25) is 0 Å². The van der Waals surface area contributed by atoms with E-state index >= 15 is 0 Å². The third kappa shape index (κ3) is 2.48. The molecule has 0 bridgehead atoms. The first-order valence-corrected chi connectivity index (χ1v) is 5.48. The molecule has 0 saturated carbocycles. The van der Waals surface area contributed by atoms with Crippen molar-refractivity contribution in [2.24, 2.45) is 5.73 Å². The van der Waals surface area contributed by atoms with Gasteiger partial charge in [-0.25, -0.2) is 0 Å². The minimum Gasteiger partial charge on any atom is -0.453 e. The first-order chi connectivity index (χ1) is 9.13. The van der Waals surface area contributed by atoms with Gasteiger partial charge in [0.05, 0.1) is 16.8 Å². The Balaban J connectivity index is 2.50. The van der Waals surface area contributed by atoms with E-state index in [1.807, 2.05) is 6.07 Å². The molecule has 0 aliphatic rings. The number of carbonyl (C=O) groups is 1. The molecule has 0 atom stereocenters. The lowest BCUT2D eigenvalue weighted by Gasteiger charge is -2.12. The number of nitrogens with zero attached hydrogens (tertiary/aromatic N) is 1. The number of amides is 1. The summed E-state index contributed by atoms with van der Waals surface area (Å²) in [6.07, 6.45) is 0. The zero-order valence-electron chi connectivity index (χ0n) is 9.96. The molecule has 94 valence electrons. The van der Waals surface area contributed by atoms with E-state index in [1.165, 1.54) is 6.07 Å². The minimum absolute atomic E-state index is 0.165. The van der Waals surface area contributed by atoms with Crippen molar-refractivity contribution in [1.29, 1.82) is 5.26 Å². The van der Waals surface area contributed by atoms with Crippen LogP contribution >= 0.6 is 0 Å². The number of rotatable bonds is 3. The third-order valence-corrected chi connectivity index (χ3v) is 2.53. The summed E-state index contributed by atoms with van der Waals surface area (Å²) in [6.45, 7) is 0. The number of hydrogen-bond acceptors (Lipinski definition) is 4. The van der Waals surface area contributed by atoms with Crippen LogP contribution in [0, 0.1) is 11.3 Å². The summed E-state index contributed by atoms with van der Waals surface area (Å²) in [5.74, 6) is -0.153. The second-order valence-corrected chi connectivity index (χ2v) is 3.80. The van der Waals surface area contributed by atoms with Crippen molar-refractivity contribution >= 4 is 11.6 Å². The van der Waals surface area contributed by atoms with Crippen LogP contribution in [-0.2, 0) is 0 Å². The summed E-state index contributed by atoms with van der Waals surface area (Å²) < 4.78 is 5.58. The Hall–Kier alpha value is -3.00. The average molecular weight is 253 g/mol. The van der Waals surface area contributed by atoms with E-state index in [-0.39, 0.29) is 17.0 Å². The quantitative estimate of drug-likeness (QED) is 0.817. The standard InChI is InChI=1S/C14H11N3O2/c15-8-9-4-1-2-7-12(9)19-13-10(14(17)18)5-3-6-11(13)16/h1-7H,16H2,(H2,17,18). The van der Waals surface area contributed by atoms with Crippen molar-refractivity contribution < 1.29 is 9.53 Å². The molecule has 2 aromatic rings. The number of nitrogen functional groups attached to an aromatic ring is 1. The van der Waals surface area contributed by atoms with Crippen LogP contribution in [0.5, 0.6) is 11.5 Å². The van der Waals surface area contributed by atoms with Gasteiger partial charge in [-0.05, 0) is 24.3 Å². The number of hydrogen-bond donors (Lipinski definition) is 2. The fourth-order valence-corrected chi connectivity index (χ4v) is 1.62. The van der Waals surface area contributed by atoms with Gasteiger partial charge < -0.3 is 16.2 Å². The van der Waals surface area contributed by atoms with Crippen LogP contribution in [0.4, 0.5) is 5.69 Å². The molecule has 0 aliphatic carbocycles. The smallest absolute Gasteiger partial charge is 0.252 e. The summed E-state index contributed by atoms with van der Waals surface area (Å²) in [5, 5.41) is 8.99. The third-order valence-electron chi connectivity index (χ3n) is 2.53. The van der Waals surface area contributed by atoms with Gasteiger partial charge in [0.15, 0.2) is 5.75 Å². The van der Waals surface area contributed by atoms with Crippen molar-refractivity contribution in [3.63, 3.8) is 0 Å². The molecule has 4 N–H and O–H groups in total. The van der Waals surface area contributed by atoms with Gasteiger partial charge in [-0.2, -0.15) is 5.26 Å². The summed E-state index contributed by atoms with van der Waals surface area (Å²) in [4.78, 5) is 11.3. The first-order valence-electron chi connectivity index (χ1n) is 5.48. The summed E-state index contributed by atoms with van der Waals surface area (Å²) in [7, 11) is 0. The molecule has 0 radical (unpaired) electrons. The molecule has 2 aromatic carbocycles. The maximum Gasteiger partial charge on any atom is 0.252 e. The highest BCUT2D eigenvalue weighted by Gasteiger charge is 2.14. The molecule has 2 rings (SSSR count). The molecule has 5 nitrogen and oxygen atoms in total. The van der Waals surface area contributed by atoms with Gasteiger partial charge in [-0.1, -0.05) is 18.2 Å². The van der Waals surface area contributed by atoms with Crippen molar-refractivity contribution in [1.82, 2.24) is 0 Å². The summed E-state index contributed by atoms with van der Waals surface area (Å²) in [5.41, 5.74) is 11.9. The molecule has 5 heteroatoms. The van der Waals surface area contributed by atoms with Gasteiger partial charge in [0.25, 0.3) is 5.91 Å². The van der Waals surface area contributed by atoms with Crippen molar-refractivity contribution in [3.05, 3.63) is 53.6 Å². The van der Waals surface area contributed by atoms with E-state index in [9.17, 15) is 4.79 Å². The van der Waals surface area contributed by atoms with Gasteiger partial charge >= 0.3 is 0 Å². The summed E-state index contributed by atoms with van der Waals surface area (Å²) >= 11 is 0. The van der Waals surface area contributed by atoms with Gasteiger partial charge in [-0.15, -0.1) is 0 Å². The van der Waals surface area contributed by atoms with Crippen molar-refractivity contribution in [2.75, 3.05) is 5.73 Å². The molecular formula is C14H11N3O2. The number of nitrogens with two attached hydrogens (primary N) is 2. The molecule has 0 spiro atoms. The average Bonchev–Trinajstić information content (AvgIpc) is 2.41. The largest absolute Gasteiger partial charge is 0.453 e. The Morgan fingerprint density at radius 1 is 1.16 bits per heavy atom. The maximum atomic E-state index is 11.3. The predicted molar refractivity (Wildman–Crippen MR) is 70.6 cm³/mol. The van der Waals surface area contributed by atoms with E-state index in [0.717, 1.165) is 0 Å². The number of anilines is 1. The zero-order chi connectivity index (χ0) is 13.8. The highest BCUT2D eigenvalue weighted by Crippen LogP contribution is 2.32. The number of primary amides is 1. The van der Waals surface area contributed by atoms with Crippen LogP contribution in [0.1, 0.15) is 15.9 Å². The van der Waals surface area contributed by atoms with Gasteiger partial charge in [0.1, 0.15) is 11.8 Å². The normalized spacial score (nSPS) is 9.63. The molecule has 0 aromatic heterocycles. The lowest BCUT2D eigenvalue weighted by Crippen LogP contribution is -2.13. The van der Waals surface area contributed by atoms with Crippen molar-refractivity contribution in [2.45, 2.75) is 0 Å². The second kappa shape index (κ2) is 5.10. The maximum absolute atomic E-state index is 11.3. The van der Waals surface area contributed by atoms with E-state index in [1.54, 1.807) is 36.4 Å². The number of ether oxygens (including phenoxy) is 1.